The molecule has 0 rings (SSSR count). The monoisotopic (exact) mass is 308 g/mol. The summed E-state index contributed by atoms with van der Waals surface area (Å²) in [6, 6.07) is 0. The maximum absolute atomic E-state index is 6.05. The largest absolute Gasteiger partial charge is 0.183 e. The van der Waals surface area contributed by atoms with E-state index in [1.54, 1.807) is 0 Å². The minimum atomic E-state index is 0. The molecule has 0 bridgehead atoms. The molecule has 12 heteroatoms. The van der Waals surface area contributed by atoms with Gasteiger partial charge in [-0.1, -0.05) is 37.1 Å². The van der Waals surface area contributed by atoms with E-state index in [9.17, 15) is 0 Å². The lowest BCUT2D eigenvalue weighted by Gasteiger charge is -1.04. The molecule has 96 valence electrons. The molecule has 0 aromatic heterocycles. The molecule has 0 aromatic rings. The minimum absolute atomic E-state index is 0. The molecule has 17 heavy (non-hydrogen) atoms. The fourth-order valence-corrected chi connectivity index (χ4v) is 0. The Morgan fingerprint density at radius 1 is 0.471 bits per heavy atom. The molecule has 0 amide bonds. The lowest BCUT2D eigenvalue weighted by atomic mass is 10.8. The van der Waals surface area contributed by atoms with Crippen LogP contribution in [0.15, 0.2) is 0 Å². The molecular weight excluding hydrogens is 270 g/mol. The molecule has 0 aromatic carbocycles. The van der Waals surface area contributed by atoms with Crippen LogP contribution in [0.4, 0.5) is 0 Å². The van der Waals surface area contributed by atoms with Gasteiger partial charge in [0.15, 0.2) is 0 Å². The summed E-state index contributed by atoms with van der Waals surface area (Å²) in [4.78, 5) is 0. The first kappa shape index (κ1) is 61.0. The molecule has 0 N–H and O–H groups in total. The summed E-state index contributed by atoms with van der Waals surface area (Å²) in [6.45, 7) is 0. The Morgan fingerprint density at radius 2 is 0.471 bits per heavy atom. The quantitative estimate of drug-likeness (QED) is 0.448. The topological polar surface area (TPSA) is 0 Å². The SMILES string of the molecule is C.C.C.C.C.[2H][B]P.[2H][B]P.[2H][B]P.[2H][B]P.[B].[B].[B].[B]. The van der Waals surface area contributed by atoms with Gasteiger partial charge in [0, 0.05) is 33.7 Å². The first-order chi connectivity index (χ1) is 5.66. The predicted octanol–water partition coefficient (Wildman–Crippen LogP) is 0.367. The molecule has 0 aliphatic heterocycles. The summed E-state index contributed by atoms with van der Waals surface area (Å²) in [5.41, 5.74) is 0. The maximum atomic E-state index is 6.05. The number of hydrogen-bond acceptors (Lipinski definition) is 0. The van der Waals surface area contributed by atoms with Gasteiger partial charge in [0.05, 0.1) is 0 Å². The third-order valence-electron chi connectivity index (χ3n) is 0. The van der Waals surface area contributed by atoms with Crippen LogP contribution in [0.25, 0.3) is 0 Å². The van der Waals surface area contributed by atoms with E-state index in [1.807, 2.05) is 0 Å². The van der Waals surface area contributed by atoms with E-state index in [2.05, 4.69) is 36.5 Å². The summed E-state index contributed by atoms with van der Waals surface area (Å²) in [6.07, 6.45) is 0. The Bertz CT molecular complexity index is 48.6. The fourth-order valence-electron chi connectivity index (χ4n) is 0. The van der Waals surface area contributed by atoms with Crippen LogP contribution in [-0.2, 0) is 0 Å². The van der Waals surface area contributed by atoms with E-state index in [4.69, 9.17) is 5.34 Å². The fraction of sp³-hybridized carbons (Fsp3) is 1.00. The van der Waals surface area contributed by atoms with Crippen LogP contribution in [0, 0.1) is 0 Å². The van der Waals surface area contributed by atoms with Gasteiger partial charge in [0.25, 0.3) is 0 Å². The molecule has 4 atom stereocenters. The highest BCUT2D eigenvalue weighted by atomic mass is 31.0. The van der Waals surface area contributed by atoms with E-state index in [-0.39, 0.29) is 70.8 Å². The lowest BCUT2D eigenvalue weighted by molar-refractivity contribution is 2.50. The Kier molecular flexibility index (Phi) is 3880. The van der Waals surface area contributed by atoms with Crippen LogP contribution in [0.2, 0.25) is 0 Å². The first-order valence-electron chi connectivity index (χ1n) is 3.64. The van der Waals surface area contributed by atoms with E-state index < -0.39 is 0 Å². The third-order valence-corrected chi connectivity index (χ3v) is 0. The Morgan fingerprint density at radius 3 is 0.471 bits per heavy atom. The average Bonchev–Trinajstić information content (AvgIpc) is 1.92. The van der Waals surface area contributed by atoms with Crippen molar-refractivity contribution in [2.45, 2.75) is 37.1 Å². The van der Waals surface area contributed by atoms with Crippen LogP contribution in [-0.4, -0.2) is 69.1 Å². The second-order valence-electron chi connectivity index (χ2n) is 0. The van der Waals surface area contributed by atoms with Crippen LogP contribution in [0.1, 0.15) is 37.1 Å². The smallest absolute Gasteiger partial charge is 0.116 e. The molecule has 0 saturated carbocycles. The van der Waals surface area contributed by atoms with Crippen molar-refractivity contribution >= 4 is 100 Å². The normalized spacial score (nSPS) is 3.53. The van der Waals surface area contributed by atoms with Gasteiger partial charge in [-0.2, -0.15) is 36.5 Å². The third kappa shape index (κ3) is 959. The van der Waals surface area contributed by atoms with E-state index in [0.29, 0.717) is 0 Å². The van der Waals surface area contributed by atoms with Crippen LogP contribution >= 0.6 is 36.5 Å². The first-order valence-corrected chi connectivity index (χ1v) is 4.00. The number of hydrogen-bond donors (Lipinski definition) is 0. The van der Waals surface area contributed by atoms with Crippen molar-refractivity contribution in [2.24, 2.45) is 0 Å². The van der Waals surface area contributed by atoms with E-state index >= 15 is 0 Å². The zero-order chi connectivity index (χ0) is 10.8. The molecule has 0 spiro atoms. The zero-order valence-electron chi connectivity index (χ0n) is 10.9. The van der Waals surface area contributed by atoms with Gasteiger partial charge in [-0.3, -0.25) is 0 Å². The Labute approximate surface area is 143 Å². The molecule has 0 aliphatic carbocycles. The lowest BCUT2D eigenvalue weighted by Crippen LogP contribution is -0.937. The van der Waals surface area contributed by atoms with Crippen LogP contribution < -0.4 is 0 Å². The highest BCUT2D eigenvalue weighted by molar-refractivity contribution is 7.50. The van der Waals surface area contributed by atoms with E-state index in [0.717, 1.165) is 0 Å². The van der Waals surface area contributed by atoms with Crippen LogP contribution in [0.3, 0.4) is 0 Å². The van der Waals surface area contributed by atoms with Gasteiger partial charge in [-0.15, -0.1) is 0 Å². The van der Waals surface area contributed by atoms with Crippen molar-refractivity contribution in [2.75, 3.05) is 0 Å². The predicted molar refractivity (Wildman–Crippen MR) is 124 cm³/mol. The van der Waals surface area contributed by atoms with Crippen molar-refractivity contribution in [3.8, 4) is 0 Å². The van der Waals surface area contributed by atoms with Gasteiger partial charge in [-0.05, 0) is 5.34 Å². The molecule has 0 heterocycles. The van der Waals surface area contributed by atoms with Crippen molar-refractivity contribution in [1.82, 2.24) is 0 Å². The second-order valence-corrected chi connectivity index (χ2v) is 0. The summed E-state index contributed by atoms with van der Waals surface area (Å²) in [7, 11) is 13.1. The van der Waals surface area contributed by atoms with Crippen molar-refractivity contribution in [3.63, 3.8) is 0 Å². The molecule has 0 saturated heterocycles. The van der Waals surface area contributed by atoms with Gasteiger partial charge in [0.2, 0.25) is 0 Å². The molecule has 0 nitrogen and oxygen atoms in total. The van der Waals surface area contributed by atoms with E-state index in [1.165, 1.54) is 30.1 Å². The summed E-state index contributed by atoms with van der Waals surface area (Å²) in [5, 5.41) is 0. The highest BCUT2D eigenvalue weighted by Crippen LogP contribution is 1.42. The second kappa shape index (κ2) is 1080. The van der Waals surface area contributed by atoms with Crippen molar-refractivity contribution in [1.29, 1.82) is 5.34 Å². The van der Waals surface area contributed by atoms with Crippen LogP contribution in [0.5, 0.6) is 0 Å². The molecular formula is C5H32B8P4. The number of rotatable bonds is 0. The standard InChI is InChI=1S/5CH4.4BH3P.4B/c;;;;;4*1-2;;;;/h5*1H4;4*1H,2H2;;;;/i;;;;;4*1D;;;;. The summed E-state index contributed by atoms with van der Waals surface area (Å²) >= 11 is 0. The van der Waals surface area contributed by atoms with Gasteiger partial charge in [0.1, 0.15) is 30.1 Å². The highest BCUT2D eigenvalue weighted by Gasteiger charge is 0.984. The van der Waals surface area contributed by atoms with Crippen molar-refractivity contribution < 1.29 is 0 Å². The molecule has 4 unspecified atom stereocenters. The molecule has 0 fully saturated rings. The average molecular weight is 307 g/mol. The maximum Gasteiger partial charge on any atom is 0.116 e. The zero-order valence-corrected chi connectivity index (χ0v) is 11.5. The summed E-state index contributed by atoms with van der Waals surface area (Å²) in [5.74, 6) is 0. The Balaban J connectivity index is -0.00000000323. The molecule has 16 radical (unpaired) electrons. The molecule has 0 aliphatic rings. The Hall–Kier alpha value is 2.24. The minimum Gasteiger partial charge on any atom is -0.183 e. The summed E-state index contributed by atoms with van der Waals surface area (Å²) < 4.78 is 24.2. The van der Waals surface area contributed by atoms with Gasteiger partial charge >= 0.3 is 0 Å². The van der Waals surface area contributed by atoms with Gasteiger partial charge in [-0.25, -0.2) is 0 Å². The van der Waals surface area contributed by atoms with Crippen molar-refractivity contribution in [3.05, 3.63) is 0 Å². The van der Waals surface area contributed by atoms with Gasteiger partial charge < -0.3 is 0 Å².